The molecular formula is C22H25NO6. The average Bonchev–Trinajstić information content (AvgIpc) is 2.72. The summed E-state index contributed by atoms with van der Waals surface area (Å²) in [5.41, 5.74) is 2.45. The summed E-state index contributed by atoms with van der Waals surface area (Å²) in [7, 11) is 4.57. The van der Waals surface area contributed by atoms with Gasteiger partial charge in [-0.15, -0.1) is 0 Å². The van der Waals surface area contributed by atoms with Crippen molar-refractivity contribution in [1.29, 1.82) is 0 Å². The Morgan fingerprint density at radius 1 is 1.00 bits per heavy atom. The maximum atomic E-state index is 12.4. The molecule has 0 radical (unpaired) electrons. The highest BCUT2D eigenvalue weighted by molar-refractivity contribution is 6.03. The molecule has 0 aliphatic heterocycles. The van der Waals surface area contributed by atoms with Gasteiger partial charge < -0.3 is 24.3 Å². The van der Waals surface area contributed by atoms with Crippen LogP contribution in [-0.2, 0) is 9.53 Å². The molecule has 0 bridgehead atoms. The van der Waals surface area contributed by atoms with Gasteiger partial charge in [0.15, 0.2) is 11.5 Å². The van der Waals surface area contributed by atoms with Gasteiger partial charge in [-0.1, -0.05) is 0 Å². The Hall–Kier alpha value is -3.48. The number of carbonyl (C=O) groups is 2. The van der Waals surface area contributed by atoms with Crippen molar-refractivity contribution in [2.24, 2.45) is 0 Å². The van der Waals surface area contributed by atoms with Crippen molar-refractivity contribution < 1.29 is 28.5 Å². The molecule has 1 N–H and O–H groups in total. The Labute approximate surface area is 170 Å². The number of rotatable bonds is 8. The van der Waals surface area contributed by atoms with E-state index in [1.807, 2.05) is 0 Å². The molecule has 2 aromatic carbocycles. The summed E-state index contributed by atoms with van der Waals surface area (Å²) >= 11 is 0. The number of methoxy groups -OCH3 is 3. The molecule has 1 amide bonds. The monoisotopic (exact) mass is 399 g/mol. The van der Waals surface area contributed by atoms with Gasteiger partial charge in [-0.2, -0.15) is 0 Å². The van der Waals surface area contributed by atoms with E-state index in [0.29, 0.717) is 40.7 Å². The summed E-state index contributed by atoms with van der Waals surface area (Å²) in [5, 5.41) is 2.79. The van der Waals surface area contributed by atoms with Gasteiger partial charge in [0.2, 0.25) is 11.7 Å². The van der Waals surface area contributed by atoms with Gasteiger partial charge in [0, 0.05) is 17.3 Å². The van der Waals surface area contributed by atoms with Crippen LogP contribution in [0.2, 0.25) is 0 Å². The summed E-state index contributed by atoms with van der Waals surface area (Å²) in [5.74, 6) is 0.722. The summed E-state index contributed by atoms with van der Waals surface area (Å²) in [6.07, 6.45) is 3.01. The number of hydrogen-bond donors (Lipinski definition) is 1. The minimum absolute atomic E-state index is 0.306. The van der Waals surface area contributed by atoms with Crippen LogP contribution in [-0.4, -0.2) is 39.8 Å². The lowest BCUT2D eigenvalue weighted by Crippen LogP contribution is -2.10. The van der Waals surface area contributed by atoms with Crippen molar-refractivity contribution in [3.63, 3.8) is 0 Å². The molecule has 29 heavy (non-hydrogen) atoms. The molecule has 2 rings (SSSR count). The highest BCUT2D eigenvalue weighted by Gasteiger charge is 2.14. The van der Waals surface area contributed by atoms with Gasteiger partial charge in [-0.3, -0.25) is 4.79 Å². The maximum absolute atomic E-state index is 12.4. The number of anilines is 1. The maximum Gasteiger partial charge on any atom is 0.338 e. The number of hydrogen-bond acceptors (Lipinski definition) is 6. The minimum Gasteiger partial charge on any atom is -0.493 e. The lowest BCUT2D eigenvalue weighted by molar-refractivity contribution is -0.111. The number of amides is 1. The lowest BCUT2D eigenvalue weighted by Gasteiger charge is -2.14. The first kappa shape index (κ1) is 21.8. The summed E-state index contributed by atoms with van der Waals surface area (Å²) in [4.78, 5) is 24.1. The second-order valence-electron chi connectivity index (χ2n) is 6.00. The molecule has 0 heterocycles. The van der Waals surface area contributed by atoms with Crippen molar-refractivity contribution in [3.8, 4) is 17.2 Å². The molecule has 0 fully saturated rings. The van der Waals surface area contributed by atoms with Crippen molar-refractivity contribution in [1.82, 2.24) is 0 Å². The molecule has 2 aromatic rings. The number of benzene rings is 2. The predicted octanol–water partition coefficient (Wildman–Crippen LogP) is 3.85. The van der Waals surface area contributed by atoms with E-state index in [1.165, 1.54) is 27.4 Å². The van der Waals surface area contributed by atoms with Crippen LogP contribution in [0.1, 0.15) is 28.4 Å². The van der Waals surface area contributed by atoms with E-state index < -0.39 is 5.97 Å². The molecule has 0 spiro atoms. The average molecular weight is 399 g/mol. The Balaban J connectivity index is 2.17. The Bertz CT molecular complexity index is 920. The zero-order valence-corrected chi connectivity index (χ0v) is 17.2. The van der Waals surface area contributed by atoms with Crippen molar-refractivity contribution >= 4 is 23.6 Å². The minimum atomic E-state index is -0.395. The third kappa shape index (κ3) is 5.28. The van der Waals surface area contributed by atoms with Gasteiger partial charge >= 0.3 is 5.97 Å². The first-order valence-electron chi connectivity index (χ1n) is 9.00. The van der Waals surface area contributed by atoms with Crippen LogP contribution in [0.15, 0.2) is 36.4 Å². The smallest absolute Gasteiger partial charge is 0.338 e. The zero-order chi connectivity index (χ0) is 21.4. The normalized spacial score (nSPS) is 10.5. The first-order chi connectivity index (χ1) is 13.9. The number of ether oxygens (including phenoxy) is 4. The molecule has 0 unspecified atom stereocenters. The summed E-state index contributed by atoms with van der Waals surface area (Å²) in [6, 6.07) is 8.46. The van der Waals surface area contributed by atoms with E-state index in [2.05, 4.69) is 5.32 Å². The summed E-state index contributed by atoms with van der Waals surface area (Å²) in [6.45, 7) is 3.86. The number of nitrogens with one attached hydrogen (secondary N) is 1. The van der Waals surface area contributed by atoms with Crippen LogP contribution in [0.5, 0.6) is 17.2 Å². The summed E-state index contributed by atoms with van der Waals surface area (Å²) < 4.78 is 21.0. The number of aryl methyl sites for hydroxylation is 1. The standard InChI is InChI=1S/C22H25NO6/c1-6-29-22(25)16-7-10-17(14(2)13-16)23-19(24)12-9-15-8-11-18(26-3)21(28-5)20(15)27-4/h7-13H,6H2,1-5H3,(H,23,24)/b12-9+. The van der Waals surface area contributed by atoms with Gasteiger partial charge in [0.25, 0.3) is 0 Å². The molecule has 7 nitrogen and oxygen atoms in total. The third-order valence-electron chi connectivity index (χ3n) is 4.14. The lowest BCUT2D eigenvalue weighted by atomic mass is 10.1. The fourth-order valence-corrected chi connectivity index (χ4v) is 2.74. The van der Waals surface area contributed by atoms with Crippen molar-refractivity contribution in [3.05, 3.63) is 53.1 Å². The highest BCUT2D eigenvalue weighted by atomic mass is 16.5. The first-order valence-corrected chi connectivity index (χ1v) is 9.00. The molecule has 0 saturated carbocycles. The van der Waals surface area contributed by atoms with E-state index in [-0.39, 0.29) is 5.91 Å². The number of carbonyl (C=O) groups excluding carboxylic acids is 2. The topological polar surface area (TPSA) is 83.1 Å². The Kier molecular flexibility index (Phi) is 7.65. The second kappa shape index (κ2) is 10.2. The molecule has 0 aliphatic rings. The molecule has 0 aromatic heterocycles. The van der Waals surface area contributed by atoms with Crippen LogP contribution in [0, 0.1) is 6.92 Å². The van der Waals surface area contributed by atoms with Crippen LogP contribution in [0.4, 0.5) is 5.69 Å². The van der Waals surface area contributed by atoms with Gasteiger partial charge in [-0.05, 0) is 55.8 Å². The van der Waals surface area contributed by atoms with Crippen LogP contribution >= 0.6 is 0 Å². The molecule has 0 aliphatic carbocycles. The quantitative estimate of drug-likeness (QED) is 0.536. The Morgan fingerprint density at radius 2 is 1.72 bits per heavy atom. The van der Waals surface area contributed by atoms with E-state index in [0.717, 1.165) is 5.56 Å². The fourth-order valence-electron chi connectivity index (χ4n) is 2.74. The predicted molar refractivity (Wildman–Crippen MR) is 111 cm³/mol. The van der Waals surface area contributed by atoms with Gasteiger partial charge in [0.05, 0.1) is 33.5 Å². The highest BCUT2D eigenvalue weighted by Crippen LogP contribution is 2.40. The van der Waals surface area contributed by atoms with E-state index in [4.69, 9.17) is 18.9 Å². The van der Waals surface area contributed by atoms with Crippen molar-refractivity contribution in [2.45, 2.75) is 13.8 Å². The molecular weight excluding hydrogens is 374 g/mol. The van der Waals surface area contributed by atoms with Crippen LogP contribution in [0.3, 0.4) is 0 Å². The zero-order valence-electron chi connectivity index (χ0n) is 17.2. The molecule has 7 heteroatoms. The molecule has 0 saturated heterocycles. The van der Waals surface area contributed by atoms with Gasteiger partial charge in [-0.25, -0.2) is 4.79 Å². The van der Waals surface area contributed by atoms with E-state index in [1.54, 1.807) is 50.3 Å². The largest absolute Gasteiger partial charge is 0.493 e. The second-order valence-corrected chi connectivity index (χ2v) is 6.00. The molecule has 154 valence electrons. The van der Waals surface area contributed by atoms with E-state index in [9.17, 15) is 9.59 Å². The fraction of sp³-hybridized carbons (Fsp3) is 0.273. The van der Waals surface area contributed by atoms with Crippen LogP contribution in [0.25, 0.3) is 6.08 Å². The van der Waals surface area contributed by atoms with Gasteiger partial charge in [0.1, 0.15) is 0 Å². The van der Waals surface area contributed by atoms with E-state index >= 15 is 0 Å². The Morgan fingerprint density at radius 3 is 2.31 bits per heavy atom. The van der Waals surface area contributed by atoms with Crippen LogP contribution < -0.4 is 19.5 Å². The number of esters is 1. The van der Waals surface area contributed by atoms with Crippen molar-refractivity contribution in [2.75, 3.05) is 33.3 Å². The molecule has 0 atom stereocenters. The third-order valence-corrected chi connectivity index (χ3v) is 4.14. The SMILES string of the molecule is CCOC(=O)c1ccc(NC(=O)/C=C/c2ccc(OC)c(OC)c2OC)c(C)c1.